The van der Waals surface area contributed by atoms with Crippen LogP contribution >= 0.6 is 0 Å². The van der Waals surface area contributed by atoms with Crippen LogP contribution in [0, 0.1) is 17.2 Å². The molecule has 1 heterocycles. The minimum absolute atomic E-state index is 0.0638. The molecule has 1 aromatic carbocycles. The van der Waals surface area contributed by atoms with Gasteiger partial charge in [-0.3, -0.25) is 9.69 Å². The quantitative estimate of drug-likeness (QED) is 0.831. The zero-order chi connectivity index (χ0) is 14.5. The molecule has 0 aliphatic heterocycles. The summed E-state index contributed by atoms with van der Waals surface area (Å²) in [6, 6.07) is 9.64. The van der Waals surface area contributed by atoms with E-state index in [2.05, 4.69) is 11.2 Å². The van der Waals surface area contributed by atoms with Crippen LogP contribution in [-0.2, 0) is 6.67 Å². The summed E-state index contributed by atoms with van der Waals surface area (Å²) in [6.07, 6.45) is 1.71. The zero-order valence-corrected chi connectivity index (χ0v) is 11.8. The molecule has 0 N–H and O–H groups in total. The Balaban J connectivity index is 2.27. The molecule has 0 fully saturated rings. The number of nitrogens with zero attached hydrogens (tertiary/aromatic N) is 4. The van der Waals surface area contributed by atoms with E-state index in [9.17, 15) is 4.79 Å². The Labute approximate surface area is 118 Å². The molecule has 0 saturated carbocycles. The molecular weight excluding hydrogens is 252 g/mol. The summed E-state index contributed by atoms with van der Waals surface area (Å²) >= 11 is 0. The van der Waals surface area contributed by atoms with Crippen molar-refractivity contribution in [2.75, 3.05) is 13.1 Å². The predicted octanol–water partition coefficient (Wildman–Crippen LogP) is 1.84. The molecule has 0 amide bonds. The fourth-order valence-electron chi connectivity index (χ4n) is 2.13. The molecule has 0 unspecified atom stereocenters. The lowest BCUT2D eigenvalue weighted by atomic mass is 10.2. The van der Waals surface area contributed by atoms with Crippen LogP contribution in [0.4, 0.5) is 0 Å². The van der Waals surface area contributed by atoms with E-state index in [1.807, 2.05) is 43.0 Å². The Hall–Kier alpha value is -2.19. The summed E-state index contributed by atoms with van der Waals surface area (Å²) in [5, 5.41) is 14.6. The Kier molecular flexibility index (Phi) is 4.49. The van der Waals surface area contributed by atoms with Gasteiger partial charge in [0.15, 0.2) is 0 Å². The van der Waals surface area contributed by atoms with E-state index in [-0.39, 0.29) is 11.5 Å². The van der Waals surface area contributed by atoms with Gasteiger partial charge in [-0.2, -0.15) is 10.4 Å². The maximum absolute atomic E-state index is 12.3. The fourth-order valence-corrected chi connectivity index (χ4v) is 2.13. The highest BCUT2D eigenvalue weighted by Crippen LogP contribution is 2.07. The van der Waals surface area contributed by atoms with E-state index < -0.39 is 0 Å². The predicted molar refractivity (Wildman–Crippen MR) is 78.0 cm³/mol. The van der Waals surface area contributed by atoms with Crippen LogP contribution in [-0.4, -0.2) is 27.8 Å². The first kappa shape index (κ1) is 14.2. The average Bonchev–Trinajstić information content (AvgIpc) is 2.49. The van der Waals surface area contributed by atoms with Crippen molar-refractivity contribution in [2.24, 2.45) is 5.92 Å². The summed E-state index contributed by atoms with van der Waals surface area (Å²) in [7, 11) is 0. The maximum atomic E-state index is 12.3. The molecule has 1 aromatic heterocycles. The van der Waals surface area contributed by atoms with Crippen LogP contribution in [0.2, 0.25) is 0 Å². The normalized spacial score (nSPS) is 12.5. The van der Waals surface area contributed by atoms with Crippen molar-refractivity contribution >= 4 is 10.8 Å². The Morgan fingerprint density at radius 3 is 2.90 bits per heavy atom. The molecule has 5 nitrogen and oxygen atoms in total. The first-order valence-corrected chi connectivity index (χ1v) is 6.72. The zero-order valence-electron chi connectivity index (χ0n) is 11.8. The van der Waals surface area contributed by atoms with E-state index in [1.165, 1.54) is 4.68 Å². The van der Waals surface area contributed by atoms with Crippen LogP contribution in [0.15, 0.2) is 35.3 Å². The number of fused-ring (bicyclic) bond motifs is 1. The second-order valence-electron chi connectivity index (χ2n) is 4.88. The number of benzene rings is 1. The van der Waals surface area contributed by atoms with Crippen molar-refractivity contribution in [1.29, 1.82) is 5.26 Å². The van der Waals surface area contributed by atoms with E-state index in [1.54, 1.807) is 6.20 Å². The van der Waals surface area contributed by atoms with Crippen molar-refractivity contribution in [1.82, 2.24) is 14.7 Å². The van der Waals surface area contributed by atoms with Crippen LogP contribution < -0.4 is 5.56 Å². The molecular formula is C15H18N4O. The molecule has 20 heavy (non-hydrogen) atoms. The van der Waals surface area contributed by atoms with E-state index in [0.29, 0.717) is 18.6 Å². The summed E-state index contributed by atoms with van der Waals surface area (Å²) in [5.74, 6) is -0.0638. The minimum atomic E-state index is -0.0915. The maximum Gasteiger partial charge on any atom is 0.275 e. The first-order valence-electron chi connectivity index (χ1n) is 6.72. The van der Waals surface area contributed by atoms with E-state index >= 15 is 0 Å². The molecule has 104 valence electrons. The number of hydrogen-bond acceptors (Lipinski definition) is 4. The number of aromatic nitrogens is 2. The lowest BCUT2D eigenvalue weighted by Crippen LogP contribution is -2.36. The Morgan fingerprint density at radius 2 is 2.20 bits per heavy atom. The van der Waals surface area contributed by atoms with Gasteiger partial charge < -0.3 is 0 Å². The van der Waals surface area contributed by atoms with Crippen LogP contribution in [0.5, 0.6) is 0 Å². The number of hydrogen-bond donors (Lipinski definition) is 0. The number of rotatable bonds is 5. The lowest BCUT2D eigenvalue weighted by molar-refractivity contribution is 0.199. The Bertz CT molecular complexity index is 686. The van der Waals surface area contributed by atoms with Crippen molar-refractivity contribution in [3.63, 3.8) is 0 Å². The number of nitriles is 1. The van der Waals surface area contributed by atoms with Gasteiger partial charge in [0, 0.05) is 11.9 Å². The molecule has 0 saturated heterocycles. The molecule has 0 spiro atoms. The smallest absolute Gasteiger partial charge is 0.275 e. The summed E-state index contributed by atoms with van der Waals surface area (Å²) in [4.78, 5) is 14.4. The molecule has 2 aromatic rings. The highest BCUT2D eigenvalue weighted by molar-refractivity contribution is 5.80. The highest BCUT2D eigenvalue weighted by atomic mass is 16.1. The minimum Gasteiger partial charge on any atom is -0.283 e. The van der Waals surface area contributed by atoms with E-state index in [0.717, 1.165) is 11.9 Å². The fraction of sp³-hybridized carbons (Fsp3) is 0.400. The lowest BCUT2D eigenvalue weighted by Gasteiger charge is -2.21. The van der Waals surface area contributed by atoms with Gasteiger partial charge in [0.25, 0.3) is 5.56 Å². The summed E-state index contributed by atoms with van der Waals surface area (Å²) in [5.41, 5.74) is -0.0915. The topological polar surface area (TPSA) is 61.9 Å². The van der Waals surface area contributed by atoms with Crippen LogP contribution in [0.1, 0.15) is 13.8 Å². The van der Waals surface area contributed by atoms with Gasteiger partial charge >= 0.3 is 0 Å². The van der Waals surface area contributed by atoms with Gasteiger partial charge in [0.05, 0.1) is 30.2 Å². The third kappa shape index (κ3) is 3.03. The largest absolute Gasteiger partial charge is 0.283 e. The molecule has 0 aliphatic rings. The molecule has 2 rings (SSSR count). The average molecular weight is 270 g/mol. The molecule has 0 radical (unpaired) electrons. The van der Waals surface area contributed by atoms with Gasteiger partial charge in [0.2, 0.25) is 0 Å². The summed E-state index contributed by atoms with van der Waals surface area (Å²) in [6.45, 7) is 5.70. The third-order valence-corrected chi connectivity index (χ3v) is 3.30. The van der Waals surface area contributed by atoms with E-state index in [4.69, 9.17) is 5.26 Å². The van der Waals surface area contributed by atoms with Crippen molar-refractivity contribution < 1.29 is 0 Å². The molecule has 0 aliphatic carbocycles. The molecule has 5 heteroatoms. The van der Waals surface area contributed by atoms with Crippen molar-refractivity contribution in [2.45, 2.75) is 20.5 Å². The Morgan fingerprint density at radius 1 is 1.45 bits per heavy atom. The molecule has 1 atom stereocenters. The van der Waals surface area contributed by atoms with Gasteiger partial charge in [-0.05, 0) is 19.5 Å². The standard InChI is InChI=1S/C15H18N4O/c1-3-18(10-12(2)8-16)11-19-15(20)14-7-5-4-6-13(14)9-17-19/h4-7,9,12H,3,10-11H2,1-2H3/t12-/m0/s1. The van der Waals surface area contributed by atoms with Crippen LogP contribution in [0.3, 0.4) is 0 Å². The van der Waals surface area contributed by atoms with Crippen molar-refractivity contribution in [3.05, 3.63) is 40.8 Å². The second kappa shape index (κ2) is 6.31. The van der Waals surface area contributed by atoms with Crippen LogP contribution in [0.25, 0.3) is 10.8 Å². The summed E-state index contributed by atoms with van der Waals surface area (Å²) < 4.78 is 1.45. The SMILES string of the molecule is CCN(C[C@@H](C)C#N)Cn1ncc2ccccc2c1=O. The van der Waals surface area contributed by atoms with Gasteiger partial charge in [0.1, 0.15) is 0 Å². The highest BCUT2D eigenvalue weighted by Gasteiger charge is 2.11. The first-order chi connectivity index (χ1) is 9.65. The second-order valence-corrected chi connectivity index (χ2v) is 4.88. The molecule has 0 bridgehead atoms. The van der Waals surface area contributed by atoms with Gasteiger partial charge in [-0.15, -0.1) is 0 Å². The third-order valence-electron chi connectivity index (χ3n) is 3.30. The van der Waals surface area contributed by atoms with Crippen molar-refractivity contribution in [3.8, 4) is 6.07 Å². The van der Waals surface area contributed by atoms with Gasteiger partial charge in [-0.1, -0.05) is 25.1 Å². The van der Waals surface area contributed by atoms with Gasteiger partial charge in [-0.25, -0.2) is 4.68 Å². The monoisotopic (exact) mass is 270 g/mol.